The minimum atomic E-state index is -0.936. The molecule has 1 aliphatic rings. The first-order chi connectivity index (χ1) is 10.1. The highest BCUT2D eigenvalue weighted by Crippen LogP contribution is 2.30. The number of carbonyl (C=O) groups is 2. The highest BCUT2D eigenvalue weighted by Gasteiger charge is 2.28. The van der Waals surface area contributed by atoms with Crippen LogP contribution in [0.4, 0.5) is 10.5 Å². The molecule has 0 aliphatic carbocycles. The van der Waals surface area contributed by atoms with Crippen LogP contribution in [-0.4, -0.2) is 29.1 Å². The van der Waals surface area contributed by atoms with Gasteiger partial charge in [0.15, 0.2) is 0 Å². The molecule has 0 saturated heterocycles. The number of carboxylic acids is 1. The Morgan fingerprint density at radius 2 is 2.05 bits per heavy atom. The van der Waals surface area contributed by atoms with Crippen molar-refractivity contribution in [3.63, 3.8) is 0 Å². The van der Waals surface area contributed by atoms with Crippen LogP contribution in [0.15, 0.2) is 36.4 Å². The number of hydrogen-bond acceptors (Lipinski definition) is 3. The quantitative estimate of drug-likeness (QED) is 0.948. The number of fused-ring (bicyclic) bond motifs is 1. The van der Waals surface area contributed by atoms with Crippen molar-refractivity contribution in [2.45, 2.75) is 13.1 Å². The van der Waals surface area contributed by atoms with Gasteiger partial charge in [-0.2, -0.15) is 0 Å². The number of carbonyl (C=O) groups excluding carboxylic acids is 1. The highest BCUT2D eigenvalue weighted by molar-refractivity contribution is 7.13. The van der Waals surface area contributed by atoms with E-state index in [0.29, 0.717) is 13.1 Å². The van der Waals surface area contributed by atoms with Crippen LogP contribution in [0.2, 0.25) is 0 Å². The molecule has 0 radical (unpaired) electrons. The van der Waals surface area contributed by atoms with Crippen molar-refractivity contribution in [1.82, 2.24) is 4.90 Å². The lowest BCUT2D eigenvalue weighted by molar-refractivity contribution is 0.0702. The lowest BCUT2D eigenvalue weighted by Gasteiger charge is -2.34. The number of nitrogens with zero attached hydrogens (tertiary/aromatic N) is 2. The number of benzene rings is 1. The van der Waals surface area contributed by atoms with Crippen molar-refractivity contribution in [2.24, 2.45) is 0 Å². The minimum Gasteiger partial charge on any atom is -0.477 e. The summed E-state index contributed by atoms with van der Waals surface area (Å²) in [7, 11) is 1.77. The zero-order valence-corrected chi connectivity index (χ0v) is 12.3. The Hall–Kier alpha value is -2.34. The van der Waals surface area contributed by atoms with Gasteiger partial charge in [-0.15, -0.1) is 11.3 Å². The van der Waals surface area contributed by atoms with E-state index in [2.05, 4.69) is 0 Å². The molecule has 21 heavy (non-hydrogen) atoms. The summed E-state index contributed by atoms with van der Waals surface area (Å²) < 4.78 is 0. The third kappa shape index (κ3) is 2.50. The maximum atomic E-state index is 12.4. The van der Waals surface area contributed by atoms with Crippen LogP contribution in [0, 0.1) is 0 Å². The normalized spacial score (nSPS) is 14.2. The zero-order chi connectivity index (χ0) is 15.0. The lowest BCUT2D eigenvalue weighted by Crippen LogP contribution is -2.44. The number of anilines is 1. The summed E-state index contributed by atoms with van der Waals surface area (Å²) in [5.41, 5.74) is 1.99. The molecule has 0 saturated carbocycles. The second kappa shape index (κ2) is 5.21. The molecule has 1 aromatic carbocycles. The van der Waals surface area contributed by atoms with Crippen molar-refractivity contribution in [3.8, 4) is 0 Å². The average Bonchev–Trinajstić information content (AvgIpc) is 2.93. The van der Waals surface area contributed by atoms with Gasteiger partial charge in [0.05, 0.1) is 12.2 Å². The largest absolute Gasteiger partial charge is 0.477 e. The predicted octanol–water partition coefficient (Wildman–Crippen LogP) is 3.02. The molecular weight excluding hydrogens is 288 g/mol. The fourth-order valence-corrected chi connectivity index (χ4v) is 3.26. The standard InChI is InChI=1S/C15H14N2O3S/c1-16-8-10-4-2-3-5-12(10)17(15(16)20)9-11-6-7-13(21-11)14(18)19/h2-7H,8-9H2,1H3,(H,18,19). The van der Waals surface area contributed by atoms with Crippen molar-refractivity contribution in [1.29, 1.82) is 0 Å². The van der Waals surface area contributed by atoms with E-state index in [1.165, 1.54) is 11.3 Å². The van der Waals surface area contributed by atoms with Gasteiger partial charge in [0.1, 0.15) is 4.88 Å². The number of aromatic carboxylic acids is 1. The van der Waals surface area contributed by atoms with Crippen LogP contribution in [0.3, 0.4) is 0 Å². The van der Waals surface area contributed by atoms with Crippen molar-refractivity contribution in [3.05, 3.63) is 51.7 Å². The van der Waals surface area contributed by atoms with E-state index in [-0.39, 0.29) is 10.9 Å². The first kappa shape index (κ1) is 13.6. The molecule has 0 spiro atoms. The maximum absolute atomic E-state index is 12.4. The summed E-state index contributed by atoms with van der Waals surface area (Å²) >= 11 is 1.20. The van der Waals surface area contributed by atoms with Crippen LogP contribution >= 0.6 is 11.3 Å². The van der Waals surface area contributed by atoms with Gasteiger partial charge in [-0.05, 0) is 23.8 Å². The summed E-state index contributed by atoms with van der Waals surface area (Å²) in [5.74, 6) is -0.936. The van der Waals surface area contributed by atoms with Crippen LogP contribution < -0.4 is 4.90 Å². The first-order valence-electron chi connectivity index (χ1n) is 6.49. The number of carboxylic acid groups (broad SMARTS) is 1. The maximum Gasteiger partial charge on any atom is 0.345 e. The molecular formula is C15H14N2O3S. The predicted molar refractivity (Wildman–Crippen MR) is 80.8 cm³/mol. The summed E-state index contributed by atoms with van der Waals surface area (Å²) in [5, 5.41) is 8.98. The van der Waals surface area contributed by atoms with Gasteiger partial charge in [0, 0.05) is 18.5 Å². The van der Waals surface area contributed by atoms with E-state index in [1.807, 2.05) is 24.3 Å². The smallest absolute Gasteiger partial charge is 0.345 e. The Labute approximate surface area is 126 Å². The molecule has 108 valence electrons. The van der Waals surface area contributed by atoms with Gasteiger partial charge in [-0.25, -0.2) is 9.59 Å². The van der Waals surface area contributed by atoms with Crippen molar-refractivity contribution < 1.29 is 14.7 Å². The molecule has 5 nitrogen and oxygen atoms in total. The Morgan fingerprint density at radius 3 is 2.76 bits per heavy atom. The summed E-state index contributed by atoms with van der Waals surface area (Å²) in [4.78, 5) is 27.8. The van der Waals surface area contributed by atoms with Gasteiger partial charge in [-0.1, -0.05) is 18.2 Å². The number of thiophene rings is 1. The van der Waals surface area contributed by atoms with Crippen LogP contribution in [0.5, 0.6) is 0 Å². The molecule has 1 N–H and O–H groups in total. The Morgan fingerprint density at radius 1 is 1.29 bits per heavy atom. The Kier molecular flexibility index (Phi) is 3.39. The molecule has 1 aliphatic heterocycles. The molecule has 2 aromatic rings. The topological polar surface area (TPSA) is 60.9 Å². The molecule has 2 heterocycles. The molecule has 3 rings (SSSR count). The summed E-state index contributed by atoms with van der Waals surface area (Å²) in [6.07, 6.45) is 0. The van der Waals surface area contributed by atoms with Gasteiger partial charge in [0.25, 0.3) is 0 Å². The van der Waals surface area contributed by atoms with E-state index in [0.717, 1.165) is 16.1 Å². The molecule has 1 aromatic heterocycles. The number of rotatable bonds is 3. The van der Waals surface area contributed by atoms with Crippen LogP contribution in [0.1, 0.15) is 20.1 Å². The first-order valence-corrected chi connectivity index (χ1v) is 7.30. The fraction of sp³-hybridized carbons (Fsp3) is 0.200. The van der Waals surface area contributed by atoms with Crippen molar-refractivity contribution >= 4 is 29.0 Å². The van der Waals surface area contributed by atoms with E-state index in [1.54, 1.807) is 29.0 Å². The van der Waals surface area contributed by atoms with E-state index < -0.39 is 5.97 Å². The molecule has 0 atom stereocenters. The van der Waals surface area contributed by atoms with Gasteiger partial charge in [-0.3, -0.25) is 4.90 Å². The number of para-hydroxylation sites is 1. The second-order valence-electron chi connectivity index (χ2n) is 4.92. The summed E-state index contributed by atoms with van der Waals surface area (Å²) in [6.45, 7) is 0.981. The van der Waals surface area contributed by atoms with Crippen LogP contribution in [-0.2, 0) is 13.1 Å². The van der Waals surface area contributed by atoms with Gasteiger partial charge in [0.2, 0.25) is 0 Å². The van der Waals surface area contributed by atoms with E-state index in [4.69, 9.17) is 5.11 Å². The molecule has 0 bridgehead atoms. The lowest BCUT2D eigenvalue weighted by atomic mass is 10.1. The van der Waals surface area contributed by atoms with E-state index >= 15 is 0 Å². The van der Waals surface area contributed by atoms with Crippen molar-refractivity contribution in [2.75, 3.05) is 11.9 Å². The van der Waals surface area contributed by atoms with E-state index in [9.17, 15) is 9.59 Å². The average molecular weight is 302 g/mol. The molecule has 0 fully saturated rings. The number of urea groups is 1. The number of amides is 2. The second-order valence-corrected chi connectivity index (χ2v) is 6.09. The van der Waals surface area contributed by atoms with Gasteiger partial charge < -0.3 is 10.0 Å². The van der Waals surface area contributed by atoms with Crippen LogP contribution in [0.25, 0.3) is 0 Å². The highest BCUT2D eigenvalue weighted by atomic mass is 32.1. The fourth-order valence-electron chi connectivity index (χ4n) is 2.43. The minimum absolute atomic E-state index is 0.0704. The third-order valence-electron chi connectivity index (χ3n) is 3.43. The SMILES string of the molecule is CN1Cc2ccccc2N(Cc2ccc(C(=O)O)s2)C1=O. The Balaban J connectivity index is 1.92. The molecule has 6 heteroatoms. The monoisotopic (exact) mass is 302 g/mol. The third-order valence-corrected chi connectivity index (χ3v) is 4.49. The molecule has 2 amide bonds. The Bertz CT molecular complexity index is 710. The summed E-state index contributed by atoms with van der Waals surface area (Å²) in [6, 6.07) is 11.0. The zero-order valence-electron chi connectivity index (χ0n) is 11.4. The molecule has 0 unspecified atom stereocenters. The van der Waals surface area contributed by atoms with Gasteiger partial charge >= 0.3 is 12.0 Å². The number of hydrogen-bond donors (Lipinski definition) is 1.